The van der Waals surface area contributed by atoms with Crippen molar-refractivity contribution >= 4 is 40.6 Å². The molecule has 0 saturated heterocycles. The third-order valence-electron chi connectivity index (χ3n) is 3.51. The fourth-order valence-electron chi connectivity index (χ4n) is 2.30. The van der Waals surface area contributed by atoms with Gasteiger partial charge in [0.1, 0.15) is 11.4 Å². The maximum Gasteiger partial charge on any atom is 0.268 e. The lowest BCUT2D eigenvalue weighted by atomic mass is 10.2. The molecule has 0 spiro atoms. The van der Waals surface area contributed by atoms with Crippen LogP contribution in [0.3, 0.4) is 0 Å². The number of fused-ring (bicyclic) bond motifs is 1. The second-order valence-corrected chi connectivity index (χ2v) is 6.40. The summed E-state index contributed by atoms with van der Waals surface area (Å²) in [6.45, 7) is 3.53. The number of benzene rings is 1. The number of aromatic amines is 1. The predicted octanol–water partition coefficient (Wildman–Crippen LogP) is 0.907. The first-order valence-corrected chi connectivity index (χ1v) is 8.85. The first-order valence-electron chi connectivity index (χ1n) is 8.01. The van der Waals surface area contributed by atoms with Crippen molar-refractivity contribution in [2.45, 2.75) is 6.42 Å². The second-order valence-electron chi connectivity index (χ2n) is 5.41. The van der Waals surface area contributed by atoms with Crippen LogP contribution >= 0.6 is 11.9 Å². The number of nitrogens with zero attached hydrogens (tertiary/aromatic N) is 1. The molecule has 3 amide bonds. The van der Waals surface area contributed by atoms with Crippen molar-refractivity contribution in [3.63, 3.8) is 0 Å². The molecule has 0 atom stereocenters. The number of primary amides is 1. The molecule has 1 aromatic carbocycles. The highest BCUT2D eigenvalue weighted by molar-refractivity contribution is 7.99. The maximum atomic E-state index is 12.3. The van der Waals surface area contributed by atoms with E-state index in [0.717, 1.165) is 22.9 Å². The summed E-state index contributed by atoms with van der Waals surface area (Å²) >= 11 is 1.11. The van der Waals surface area contributed by atoms with Gasteiger partial charge in [0.05, 0.1) is 13.7 Å². The molecule has 0 bridgehead atoms. The molecule has 0 aliphatic rings. The van der Waals surface area contributed by atoms with E-state index in [4.69, 9.17) is 10.5 Å². The first-order chi connectivity index (χ1) is 12.9. The SMILES string of the molecule is C=CSN(CCC(N)=O)NC(=O)CNC(=O)c1cc2c(OC)cccc2[nH]1. The molecule has 2 rings (SSSR count). The second kappa shape index (κ2) is 9.64. The third-order valence-corrected chi connectivity index (χ3v) is 4.19. The van der Waals surface area contributed by atoms with E-state index in [1.165, 1.54) is 9.82 Å². The number of ether oxygens (including phenoxy) is 1. The number of H-pyrrole nitrogens is 1. The van der Waals surface area contributed by atoms with Crippen molar-refractivity contribution < 1.29 is 19.1 Å². The summed E-state index contributed by atoms with van der Waals surface area (Å²) < 4.78 is 6.68. The van der Waals surface area contributed by atoms with Crippen molar-refractivity contribution in [3.8, 4) is 5.75 Å². The number of carbonyl (C=O) groups excluding carboxylic acids is 3. The van der Waals surface area contributed by atoms with E-state index in [1.807, 2.05) is 12.1 Å². The number of carbonyl (C=O) groups is 3. The summed E-state index contributed by atoms with van der Waals surface area (Å²) in [5, 5.41) is 4.80. The van der Waals surface area contributed by atoms with Gasteiger partial charge in [-0.15, -0.1) is 0 Å². The van der Waals surface area contributed by atoms with Gasteiger partial charge in [-0.2, -0.15) is 4.41 Å². The van der Waals surface area contributed by atoms with E-state index in [0.29, 0.717) is 11.4 Å². The zero-order valence-electron chi connectivity index (χ0n) is 14.8. The molecule has 0 aliphatic heterocycles. The Morgan fingerprint density at radius 1 is 1.41 bits per heavy atom. The van der Waals surface area contributed by atoms with E-state index >= 15 is 0 Å². The Bertz CT molecular complexity index is 851. The molecule has 1 aromatic heterocycles. The number of hydrogen-bond donors (Lipinski definition) is 4. The van der Waals surface area contributed by atoms with Crippen LogP contribution in [-0.2, 0) is 9.59 Å². The highest BCUT2D eigenvalue weighted by Gasteiger charge is 2.14. The van der Waals surface area contributed by atoms with Gasteiger partial charge in [-0.25, -0.2) is 0 Å². The van der Waals surface area contributed by atoms with Gasteiger partial charge in [0.15, 0.2) is 0 Å². The number of hydrazine groups is 1. The van der Waals surface area contributed by atoms with Gasteiger partial charge in [0.2, 0.25) is 5.91 Å². The van der Waals surface area contributed by atoms with Gasteiger partial charge >= 0.3 is 0 Å². The summed E-state index contributed by atoms with van der Waals surface area (Å²) in [6.07, 6.45) is 0.0738. The van der Waals surface area contributed by atoms with E-state index < -0.39 is 17.7 Å². The predicted molar refractivity (Wildman–Crippen MR) is 104 cm³/mol. The zero-order chi connectivity index (χ0) is 19.8. The monoisotopic (exact) mass is 391 g/mol. The van der Waals surface area contributed by atoms with Crippen molar-refractivity contribution in [1.82, 2.24) is 20.1 Å². The normalized spacial score (nSPS) is 10.6. The summed E-state index contributed by atoms with van der Waals surface area (Å²) in [6, 6.07) is 7.09. The molecule has 9 nitrogen and oxygen atoms in total. The first kappa shape index (κ1) is 20.3. The van der Waals surface area contributed by atoms with Crippen molar-refractivity contribution in [1.29, 1.82) is 0 Å². The molecule has 0 unspecified atom stereocenters. The van der Waals surface area contributed by atoms with Crippen LogP contribution in [0, 0.1) is 0 Å². The highest BCUT2D eigenvalue weighted by atomic mass is 32.2. The smallest absolute Gasteiger partial charge is 0.268 e. The average Bonchev–Trinajstić information content (AvgIpc) is 3.08. The van der Waals surface area contributed by atoms with Gasteiger partial charge in [-0.05, 0) is 35.6 Å². The molecular formula is C17H21N5O4S. The molecule has 0 saturated carbocycles. The Morgan fingerprint density at radius 2 is 2.19 bits per heavy atom. The van der Waals surface area contributed by atoms with Crippen LogP contribution in [-0.4, -0.2) is 47.3 Å². The minimum Gasteiger partial charge on any atom is -0.496 e. The Kier molecular flexibility index (Phi) is 7.26. The average molecular weight is 391 g/mol. The number of nitrogens with two attached hydrogens (primary N) is 1. The lowest BCUT2D eigenvalue weighted by molar-refractivity contribution is -0.124. The number of hydrogen-bond acceptors (Lipinski definition) is 6. The molecule has 2 aromatic rings. The molecule has 0 radical (unpaired) electrons. The molecular weight excluding hydrogens is 370 g/mol. The van der Waals surface area contributed by atoms with Crippen LogP contribution in [0.4, 0.5) is 0 Å². The Labute approximate surface area is 160 Å². The number of aromatic nitrogens is 1. The summed E-state index contributed by atoms with van der Waals surface area (Å²) in [5.74, 6) is -0.715. The number of methoxy groups -OCH3 is 1. The number of nitrogens with one attached hydrogen (secondary N) is 3. The van der Waals surface area contributed by atoms with Crippen LogP contribution in [0.1, 0.15) is 16.9 Å². The fourth-order valence-corrected chi connectivity index (χ4v) is 2.83. The van der Waals surface area contributed by atoms with Crippen LogP contribution in [0.15, 0.2) is 36.3 Å². The quantitative estimate of drug-likeness (QED) is 0.352. The molecule has 5 N–H and O–H groups in total. The minimum atomic E-state index is -0.485. The fraction of sp³-hybridized carbons (Fsp3) is 0.235. The summed E-state index contributed by atoms with van der Waals surface area (Å²) in [4.78, 5) is 38.2. The maximum absolute atomic E-state index is 12.3. The van der Waals surface area contributed by atoms with E-state index in [1.54, 1.807) is 19.2 Å². The number of rotatable bonds is 10. The van der Waals surface area contributed by atoms with Gasteiger partial charge < -0.3 is 20.8 Å². The van der Waals surface area contributed by atoms with E-state index in [-0.39, 0.29) is 19.5 Å². The topological polar surface area (TPSA) is 130 Å². The van der Waals surface area contributed by atoms with Crippen molar-refractivity contribution in [3.05, 3.63) is 41.9 Å². The lowest BCUT2D eigenvalue weighted by Crippen LogP contribution is -2.44. The van der Waals surface area contributed by atoms with Crippen molar-refractivity contribution in [2.24, 2.45) is 5.73 Å². The standard InChI is InChI=1S/C17H21N5O4S/c1-3-27-22(8-7-15(18)23)21-16(24)10-19-17(25)13-9-11-12(20-13)5-4-6-14(11)26-2/h3-6,9,20H,1,7-8,10H2,2H3,(H2,18,23)(H,19,25)(H,21,24). The summed E-state index contributed by atoms with van der Waals surface area (Å²) in [7, 11) is 1.55. The van der Waals surface area contributed by atoms with Crippen LogP contribution < -0.4 is 21.2 Å². The van der Waals surface area contributed by atoms with Crippen LogP contribution in [0.5, 0.6) is 5.75 Å². The Balaban J connectivity index is 1.93. The Morgan fingerprint density at radius 3 is 2.85 bits per heavy atom. The largest absolute Gasteiger partial charge is 0.496 e. The van der Waals surface area contributed by atoms with E-state index in [2.05, 4.69) is 22.3 Å². The van der Waals surface area contributed by atoms with Gasteiger partial charge in [0, 0.05) is 23.9 Å². The molecule has 1 heterocycles. The molecule has 144 valence electrons. The molecule has 0 aliphatic carbocycles. The Hall–Kier alpha value is -2.98. The van der Waals surface area contributed by atoms with Gasteiger partial charge in [0.25, 0.3) is 11.8 Å². The zero-order valence-corrected chi connectivity index (χ0v) is 15.6. The van der Waals surface area contributed by atoms with Crippen molar-refractivity contribution in [2.75, 3.05) is 20.2 Å². The lowest BCUT2D eigenvalue weighted by Gasteiger charge is -2.19. The highest BCUT2D eigenvalue weighted by Crippen LogP contribution is 2.25. The minimum absolute atomic E-state index is 0.0738. The van der Waals surface area contributed by atoms with Gasteiger partial charge in [-0.3, -0.25) is 19.8 Å². The van der Waals surface area contributed by atoms with Gasteiger partial charge in [-0.1, -0.05) is 12.6 Å². The third kappa shape index (κ3) is 5.76. The van der Waals surface area contributed by atoms with E-state index in [9.17, 15) is 14.4 Å². The van der Waals surface area contributed by atoms with Crippen LogP contribution in [0.25, 0.3) is 10.9 Å². The molecule has 0 fully saturated rings. The number of amides is 3. The van der Waals surface area contributed by atoms with Crippen LogP contribution in [0.2, 0.25) is 0 Å². The summed E-state index contributed by atoms with van der Waals surface area (Å²) in [5.41, 5.74) is 8.73. The molecule has 27 heavy (non-hydrogen) atoms. The molecule has 10 heteroatoms.